The quantitative estimate of drug-likeness (QED) is 0.434. The number of nitrogens with one attached hydrogen (secondary N) is 1. The van der Waals surface area contributed by atoms with Gasteiger partial charge in [0.1, 0.15) is 17.3 Å². The van der Waals surface area contributed by atoms with Crippen LogP contribution >= 0.6 is 0 Å². The van der Waals surface area contributed by atoms with Gasteiger partial charge in [0, 0.05) is 11.8 Å². The van der Waals surface area contributed by atoms with Gasteiger partial charge in [-0.3, -0.25) is 4.79 Å². The highest BCUT2D eigenvalue weighted by Crippen LogP contribution is 2.25. The van der Waals surface area contributed by atoms with Crippen LogP contribution in [0.2, 0.25) is 0 Å². The smallest absolute Gasteiger partial charge is 0.340 e. The summed E-state index contributed by atoms with van der Waals surface area (Å²) < 4.78 is 20.9. The van der Waals surface area contributed by atoms with Crippen molar-refractivity contribution in [3.05, 3.63) is 77.7 Å². The Labute approximate surface area is 168 Å². The molecule has 7 heteroatoms. The van der Waals surface area contributed by atoms with Gasteiger partial charge in [-0.1, -0.05) is 12.1 Å². The Bertz CT molecular complexity index is 981. The van der Waals surface area contributed by atoms with E-state index in [1.54, 1.807) is 54.8 Å². The van der Waals surface area contributed by atoms with Crippen LogP contribution in [0.25, 0.3) is 0 Å². The molecule has 0 spiro atoms. The number of ether oxygens (including phenoxy) is 3. The van der Waals surface area contributed by atoms with Crippen molar-refractivity contribution in [1.29, 1.82) is 0 Å². The van der Waals surface area contributed by atoms with Gasteiger partial charge >= 0.3 is 5.97 Å². The lowest BCUT2D eigenvalue weighted by atomic mass is 10.1. The molecule has 0 fully saturated rings. The van der Waals surface area contributed by atoms with Crippen molar-refractivity contribution >= 4 is 17.4 Å². The Morgan fingerprint density at radius 1 is 0.966 bits per heavy atom. The fraction of sp³-hybridized carbons (Fsp3) is 0.182. The normalized spacial score (nSPS) is 10.3. The summed E-state index contributed by atoms with van der Waals surface area (Å²) in [6.45, 7) is 0.00725. The Morgan fingerprint density at radius 3 is 2.52 bits per heavy atom. The summed E-state index contributed by atoms with van der Waals surface area (Å²) in [7, 11) is 2.98. The van der Waals surface area contributed by atoms with Gasteiger partial charge in [0.25, 0.3) is 0 Å². The van der Waals surface area contributed by atoms with Crippen LogP contribution in [-0.4, -0.2) is 32.6 Å². The van der Waals surface area contributed by atoms with Crippen LogP contribution in [0.3, 0.4) is 0 Å². The monoisotopic (exact) mass is 395 g/mol. The van der Waals surface area contributed by atoms with E-state index in [4.69, 9.17) is 18.6 Å². The Morgan fingerprint density at radius 2 is 1.79 bits per heavy atom. The molecule has 0 atom stereocenters. The molecule has 0 aliphatic heterocycles. The average Bonchev–Trinajstić information content (AvgIpc) is 3.29. The number of furan rings is 1. The minimum absolute atomic E-state index is 0.310. The lowest BCUT2D eigenvalue weighted by Crippen LogP contribution is -2.16. The van der Waals surface area contributed by atoms with Crippen molar-refractivity contribution in [3.63, 3.8) is 0 Å². The third-order valence-electron chi connectivity index (χ3n) is 4.22. The zero-order valence-corrected chi connectivity index (χ0v) is 16.1. The molecule has 1 aromatic heterocycles. The molecule has 0 bridgehead atoms. The lowest BCUT2D eigenvalue weighted by molar-refractivity contribution is 0.0475. The van der Waals surface area contributed by atoms with Crippen molar-refractivity contribution in [2.45, 2.75) is 6.54 Å². The van der Waals surface area contributed by atoms with Gasteiger partial charge in [-0.2, -0.15) is 0 Å². The van der Waals surface area contributed by atoms with E-state index in [0.29, 0.717) is 34.9 Å². The van der Waals surface area contributed by atoms with Crippen LogP contribution < -0.4 is 14.8 Å². The summed E-state index contributed by atoms with van der Waals surface area (Å²) in [5.74, 6) is 0.667. The molecule has 1 heterocycles. The third kappa shape index (κ3) is 4.95. The molecule has 0 saturated heterocycles. The zero-order chi connectivity index (χ0) is 20.6. The Balaban J connectivity index is 1.66. The maximum Gasteiger partial charge on any atom is 0.340 e. The lowest BCUT2D eigenvalue weighted by Gasteiger charge is -2.12. The molecule has 150 valence electrons. The van der Waals surface area contributed by atoms with Gasteiger partial charge in [0.15, 0.2) is 6.61 Å². The number of ketones is 1. The SMILES string of the molecule is COc1ccc(C(=O)COC(=O)c2ccccc2NCc2ccco2)c(OC)c1. The molecule has 2 aromatic carbocycles. The van der Waals surface area contributed by atoms with Crippen LogP contribution in [0.15, 0.2) is 65.3 Å². The van der Waals surface area contributed by atoms with Gasteiger partial charge in [-0.05, 0) is 36.4 Å². The second-order valence-corrected chi connectivity index (χ2v) is 6.04. The van der Waals surface area contributed by atoms with E-state index in [9.17, 15) is 9.59 Å². The van der Waals surface area contributed by atoms with E-state index < -0.39 is 12.6 Å². The molecule has 0 aliphatic carbocycles. The summed E-state index contributed by atoms with van der Waals surface area (Å²) in [5, 5.41) is 3.13. The second kappa shape index (κ2) is 9.45. The number of esters is 1. The molecule has 0 amide bonds. The highest BCUT2D eigenvalue weighted by molar-refractivity contribution is 6.02. The summed E-state index contributed by atoms with van der Waals surface area (Å²) in [5.41, 5.74) is 1.22. The van der Waals surface area contributed by atoms with Gasteiger partial charge < -0.3 is 23.9 Å². The Hall–Kier alpha value is -3.74. The van der Waals surface area contributed by atoms with E-state index in [1.807, 2.05) is 6.07 Å². The first-order valence-corrected chi connectivity index (χ1v) is 8.90. The van der Waals surface area contributed by atoms with Crippen molar-refractivity contribution < 1.29 is 28.2 Å². The molecular weight excluding hydrogens is 374 g/mol. The van der Waals surface area contributed by atoms with Crippen LogP contribution in [-0.2, 0) is 11.3 Å². The number of para-hydroxylation sites is 1. The number of hydrogen-bond acceptors (Lipinski definition) is 7. The molecular formula is C22H21NO6. The fourth-order valence-electron chi connectivity index (χ4n) is 2.73. The molecule has 7 nitrogen and oxygen atoms in total. The highest BCUT2D eigenvalue weighted by Gasteiger charge is 2.18. The molecule has 29 heavy (non-hydrogen) atoms. The second-order valence-electron chi connectivity index (χ2n) is 6.04. The minimum Gasteiger partial charge on any atom is -0.497 e. The molecule has 0 saturated carbocycles. The number of carbonyl (C=O) groups is 2. The molecule has 0 unspecified atom stereocenters. The van der Waals surface area contributed by atoms with Crippen molar-refractivity contribution in [2.24, 2.45) is 0 Å². The van der Waals surface area contributed by atoms with Gasteiger partial charge in [-0.25, -0.2) is 4.79 Å². The van der Waals surface area contributed by atoms with E-state index >= 15 is 0 Å². The van der Waals surface area contributed by atoms with E-state index in [2.05, 4.69) is 5.32 Å². The molecule has 3 rings (SSSR count). The number of Topliss-reactive ketones (excluding diaryl/α,β-unsaturated/α-hetero) is 1. The predicted octanol–water partition coefficient (Wildman–Crippen LogP) is 3.95. The summed E-state index contributed by atoms with van der Waals surface area (Å²) in [6, 6.07) is 15.4. The van der Waals surface area contributed by atoms with Gasteiger partial charge in [-0.15, -0.1) is 0 Å². The first-order valence-electron chi connectivity index (χ1n) is 8.90. The van der Waals surface area contributed by atoms with Gasteiger partial charge in [0.2, 0.25) is 5.78 Å². The van der Waals surface area contributed by atoms with Crippen LogP contribution in [0.4, 0.5) is 5.69 Å². The Kier molecular flexibility index (Phi) is 6.52. The topological polar surface area (TPSA) is 87.0 Å². The fourth-order valence-corrected chi connectivity index (χ4v) is 2.73. The summed E-state index contributed by atoms with van der Waals surface area (Å²) >= 11 is 0. The van der Waals surface area contributed by atoms with Crippen molar-refractivity contribution in [3.8, 4) is 11.5 Å². The van der Waals surface area contributed by atoms with Crippen molar-refractivity contribution in [1.82, 2.24) is 0 Å². The van der Waals surface area contributed by atoms with Crippen LogP contribution in [0.1, 0.15) is 26.5 Å². The van der Waals surface area contributed by atoms with Crippen molar-refractivity contribution in [2.75, 3.05) is 26.1 Å². The van der Waals surface area contributed by atoms with Gasteiger partial charge in [0.05, 0.1) is 38.2 Å². The number of carbonyl (C=O) groups excluding carboxylic acids is 2. The summed E-state index contributed by atoms with van der Waals surface area (Å²) in [4.78, 5) is 25.0. The number of benzene rings is 2. The number of methoxy groups -OCH3 is 2. The third-order valence-corrected chi connectivity index (χ3v) is 4.22. The highest BCUT2D eigenvalue weighted by atomic mass is 16.5. The van der Waals surface area contributed by atoms with Crippen LogP contribution in [0.5, 0.6) is 11.5 Å². The molecule has 0 radical (unpaired) electrons. The number of hydrogen-bond donors (Lipinski definition) is 1. The first kappa shape index (κ1) is 20.0. The molecule has 0 aliphatic rings. The maximum atomic E-state index is 12.5. The van der Waals surface area contributed by atoms with Crippen LogP contribution in [0, 0.1) is 0 Å². The molecule has 1 N–H and O–H groups in total. The first-order chi connectivity index (χ1) is 14.1. The molecule has 3 aromatic rings. The largest absolute Gasteiger partial charge is 0.497 e. The average molecular weight is 395 g/mol. The number of rotatable bonds is 9. The maximum absolute atomic E-state index is 12.5. The summed E-state index contributed by atoms with van der Waals surface area (Å²) in [6.07, 6.45) is 1.58. The standard InChI is InChI=1S/C22H21NO6/c1-26-15-9-10-18(21(12-15)27-2)20(24)14-29-22(25)17-7-3-4-8-19(17)23-13-16-6-5-11-28-16/h3-12,23H,13-14H2,1-2H3. The van der Waals surface area contributed by atoms with E-state index in [0.717, 1.165) is 5.76 Å². The predicted molar refractivity (Wildman–Crippen MR) is 107 cm³/mol. The number of anilines is 1. The zero-order valence-electron chi connectivity index (χ0n) is 16.1. The minimum atomic E-state index is -0.603. The van der Waals surface area contributed by atoms with E-state index in [-0.39, 0.29) is 5.78 Å². The van der Waals surface area contributed by atoms with E-state index in [1.165, 1.54) is 14.2 Å².